The summed E-state index contributed by atoms with van der Waals surface area (Å²) in [6.45, 7) is 0.786. The van der Waals surface area contributed by atoms with Crippen LogP contribution in [-0.2, 0) is 6.54 Å². The van der Waals surface area contributed by atoms with E-state index in [4.69, 9.17) is 0 Å². The number of pyridine rings is 1. The molecule has 3 heteroatoms. The summed E-state index contributed by atoms with van der Waals surface area (Å²) in [4.78, 5) is 4.47. The Balaban J connectivity index is 1.86. The van der Waals surface area contributed by atoms with Crippen LogP contribution in [0.15, 0.2) is 60.8 Å². The minimum absolute atomic E-state index is 0.786. The standard InChI is InChI=1S/C16H13IN2/c17-14-7-2-8-15(10-14)19-11-13-5-1-4-12-6-3-9-18-16(12)13/h1-10,19H,11H2. The van der Waals surface area contributed by atoms with Crippen molar-refractivity contribution < 1.29 is 0 Å². The van der Waals surface area contributed by atoms with Gasteiger partial charge in [-0.05, 0) is 52.4 Å². The van der Waals surface area contributed by atoms with Gasteiger partial charge in [-0.3, -0.25) is 4.98 Å². The third kappa shape index (κ3) is 2.87. The average molecular weight is 360 g/mol. The van der Waals surface area contributed by atoms with Crippen LogP contribution in [0, 0.1) is 3.57 Å². The van der Waals surface area contributed by atoms with E-state index in [2.05, 4.69) is 81.4 Å². The van der Waals surface area contributed by atoms with Crippen LogP contribution < -0.4 is 5.32 Å². The number of hydrogen-bond acceptors (Lipinski definition) is 2. The summed E-state index contributed by atoms with van der Waals surface area (Å²) in [6, 6.07) is 18.7. The maximum absolute atomic E-state index is 4.47. The van der Waals surface area contributed by atoms with Gasteiger partial charge in [0.15, 0.2) is 0 Å². The minimum atomic E-state index is 0.786. The largest absolute Gasteiger partial charge is 0.381 e. The lowest BCUT2D eigenvalue weighted by Gasteiger charge is -2.09. The maximum Gasteiger partial charge on any atom is 0.0751 e. The number of fused-ring (bicyclic) bond motifs is 1. The van der Waals surface area contributed by atoms with E-state index >= 15 is 0 Å². The molecule has 1 heterocycles. The Kier molecular flexibility index (Phi) is 3.64. The molecule has 0 aliphatic rings. The van der Waals surface area contributed by atoms with Crippen LogP contribution in [0.5, 0.6) is 0 Å². The van der Waals surface area contributed by atoms with Crippen molar-refractivity contribution >= 4 is 39.2 Å². The van der Waals surface area contributed by atoms with Crippen molar-refractivity contribution in [2.75, 3.05) is 5.32 Å². The van der Waals surface area contributed by atoms with Gasteiger partial charge in [0.05, 0.1) is 5.52 Å². The van der Waals surface area contributed by atoms with E-state index in [0.29, 0.717) is 0 Å². The van der Waals surface area contributed by atoms with Crippen LogP contribution in [-0.4, -0.2) is 4.98 Å². The van der Waals surface area contributed by atoms with Gasteiger partial charge in [0.2, 0.25) is 0 Å². The topological polar surface area (TPSA) is 24.9 Å². The highest BCUT2D eigenvalue weighted by Crippen LogP contribution is 2.18. The first-order chi connectivity index (χ1) is 9.33. The predicted molar refractivity (Wildman–Crippen MR) is 88.2 cm³/mol. The maximum atomic E-state index is 4.47. The van der Waals surface area contributed by atoms with Crippen molar-refractivity contribution in [2.45, 2.75) is 6.54 Å². The zero-order chi connectivity index (χ0) is 13.1. The highest BCUT2D eigenvalue weighted by atomic mass is 127. The molecular weight excluding hydrogens is 347 g/mol. The zero-order valence-corrected chi connectivity index (χ0v) is 12.5. The molecule has 0 aliphatic heterocycles. The number of halogens is 1. The van der Waals surface area contributed by atoms with Crippen molar-refractivity contribution in [1.82, 2.24) is 4.98 Å². The van der Waals surface area contributed by atoms with Crippen molar-refractivity contribution in [3.8, 4) is 0 Å². The second-order valence-electron chi connectivity index (χ2n) is 4.36. The molecule has 0 saturated carbocycles. The molecule has 0 bridgehead atoms. The van der Waals surface area contributed by atoms with E-state index in [0.717, 1.165) is 17.7 Å². The lowest BCUT2D eigenvalue weighted by molar-refractivity contribution is 1.15. The number of benzene rings is 2. The first-order valence-corrected chi connectivity index (χ1v) is 7.23. The molecule has 2 aromatic carbocycles. The van der Waals surface area contributed by atoms with Gasteiger partial charge >= 0.3 is 0 Å². The lowest BCUT2D eigenvalue weighted by Crippen LogP contribution is -2.00. The quantitative estimate of drug-likeness (QED) is 0.698. The Hall–Kier alpha value is -1.62. The van der Waals surface area contributed by atoms with Gasteiger partial charge in [-0.2, -0.15) is 0 Å². The normalized spacial score (nSPS) is 10.6. The fourth-order valence-corrected chi connectivity index (χ4v) is 2.65. The number of rotatable bonds is 3. The molecule has 0 amide bonds. The molecule has 0 saturated heterocycles. The van der Waals surface area contributed by atoms with Crippen LogP contribution in [0.4, 0.5) is 5.69 Å². The van der Waals surface area contributed by atoms with Crippen molar-refractivity contribution in [3.05, 3.63) is 69.9 Å². The fourth-order valence-electron chi connectivity index (χ4n) is 2.11. The zero-order valence-electron chi connectivity index (χ0n) is 10.3. The van der Waals surface area contributed by atoms with Gasteiger partial charge in [0.25, 0.3) is 0 Å². The number of hydrogen-bond donors (Lipinski definition) is 1. The molecule has 0 fully saturated rings. The second kappa shape index (κ2) is 5.57. The number of nitrogens with zero attached hydrogens (tertiary/aromatic N) is 1. The summed E-state index contributed by atoms with van der Waals surface area (Å²) in [6.07, 6.45) is 1.84. The molecule has 3 aromatic rings. The van der Waals surface area contributed by atoms with Crippen LogP contribution in [0.3, 0.4) is 0 Å². The van der Waals surface area contributed by atoms with Crippen LogP contribution >= 0.6 is 22.6 Å². The summed E-state index contributed by atoms with van der Waals surface area (Å²) in [5.41, 5.74) is 3.43. The number of nitrogens with one attached hydrogen (secondary N) is 1. The average Bonchev–Trinajstić information content (AvgIpc) is 2.45. The van der Waals surface area contributed by atoms with Gasteiger partial charge in [-0.25, -0.2) is 0 Å². The molecule has 0 atom stereocenters. The van der Waals surface area contributed by atoms with Gasteiger partial charge in [-0.15, -0.1) is 0 Å². The molecule has 0 aliphatic carbocycles. The van der Waals surface area contributed by atoms with Gasteiger partial charge in [-0.1, -0.05) is 30.3 Å². The first kappa shape index (κ1) is 12.4. The molecule has 1 aromatic heterocycles. The number of aromatic nitrogens is 1. The third-order valence-corrected chi connectivity index (χ3v) is 3.69. The molecule has 0 radical (unpaired) electrons. The van der Waals surface area contributed by atoms with E-state index in [1.54, 1.807) is 0 Å². The molecule has 2 nitrogen and oxygen atoms in total. The Bertz CT molecular complexity index is 704. The Labute approximate surface area is 126 Å². The molecular formula is C16H13IN2. The summed E-state index contributed by atoms with van der Waals surface area (Å²) in [7, 11) is 0. The first-order valence-electron chi connectivity index (χ1n) is 6.15. The highest BCUT2D eigenvalue weighted by Gasteiger charge is 2.01. The SMILES string of the molecule is Ic1cccc(NCc2cccc3cccnc23)c1. The number of para-hydroxylation sites is 1. The Morgan fingerprint density at radius 2 is 1.84 bits per heavy atom. The van der Waals surface area contributed by atoms with E-state index in [-0.39, 0.29) is 0 Å². The summed E-state index contributed by atoms with van der Waals surface area (Å²) in [5, 5.41) is 4.63. The van der Waals surface area contributed by atoms with Crippen LogP contribution in [0.25, 0.3) is 10.9 Å². The third-order valence-electron chi connectivity index (χ3n) is 3.02. The second-order valence-corrected chi connectivity index (χ2v) is 5.60. The van der Waals surface area contributed by atoms with Crippen molar-refractivity contribution in [2.24, 2.45) is 0 Å². The van der Waals surface area contributed by atoms with E-state index in [9.17, 15) is 0 Å². The summed E-state index contributed by atoms with van der Waals surface area (Å²) < 4.78 is 1.23. The monoisotopic (exact) mass is 360 g/mol. The van der Waals surface area contributed by atoms with Crippen molar-refractivity contribution in [1.29, 1.82) is 0 Å². The Morgan fingerprint density at radius 3 is 2.74 bits per heavy atom. The molecule has 3 rings (SSSR count). The van der Waals surface area contributed by atoms with Crippen LogP contribution in [0.2, 0.25) is 0 Å². The van der Waals surface area contributed by atoms with E-state index in [1.165, 1.54) is 14.5 Å². The molecule has 94 valence electrons. The lowest BCUT2D eigenvalue weighted by atomic mass is 10.1. The minimum Gasteiger partial charge on any atom is -0.381 e. The molecule has 1 N–H and O–H groups in total. The van der Waals surface area contributed by atoms with Gasteiger partial charge in [0.1, 0.15) is 0 Å². The highest BCUT2D eigenvalue weighted by molar-refractivity contribution is 14.1. The Morgan fingerprint density at radius 1 is 1.00 bits per heavy atom. The van der Waals surface area contributed by atoms with Crippen molar-refractivity contribution in [3.63, 3.8) is 0 Å². The van der Waals surface area contributed by atoms with Gasteiger partial charge < -0.3 is 5.32 Å². The molecule has 0 unspecified atom stereocenters. The fraction of sp³-hybridized carbons (Fsp3) is 0.0625. The molecule has 19 heavy (non-hydrogen) atoms. The summed E-state index contributed by atoms with van der Waals surface area (Å²) >= 11 is 2.32. The van der Waals surface area contributed by atoms with E-state index in [1.807, 2.05) is 12.3 Å². The van der Waals surface area contributed by atoms with Gasteiger partial charge in [0, 0.05) is 27.4 Å². The number of anilines is 1. The van der Waals surface area contributed by atoms with E-state index < -0.39 is 0 Å². The summed E-state index contributed by atoms with van der Waals surface area (Å²) in [5.74, 6) is 0. The molecule has 0 spiro atoms. The van der Waals surface area contributed by atoms with Crippen LogP contribution in [0.1, 0.15) is 5.56 Å². The predicted octanol–water partition coefficient (Wildman–Crippen LogP) is 4.45. The smallest absolute Gasteiger partial charge is 0.0751 e.